The van der Waals surface area contributed by atoms with E-state index in [1.807, 2.05) is 12.1 Å². The summed E-state index contributed by atoms with van der Waals surface area (Å²) in [4.78, 5) is 15.1. The number of piperazine rings is 1. The minimum Gasteiger partial charge on any atom is -0.507 e. The molecule has 4 N–H and O–H groups in total. The number of nitrogens with zero attached hydrogens (tertiary/aromatic N) is 1. The largest absolute Gasteiger partial charge is 0.507 e. The molecular formula is C24H32N4O2+2. The first kappa shape index (κ1) is 21.7. The average molecular weight is 409 g/mol. The van der Waals surface area contributed by atoms with Gasteiger partial charge in [-0.1, -0.05) is 48.0 Å². The zero-order valence-electron chi connectivity index (χ0n) is 17.7. The third-order valence-electron chi connectivity index (χ3n) is 5.56. The first-order valence-corrected chi connectivity index (χ1v) is 10.5. The van der Waals surface area contributed by atoms with Crippen LogP contribution in [0, 0.1) is 6.92 Å². The summed E-state index contributed by atoms with van der Waals surface area (Å²) in [5, 5.41) is 14.3. The number of phenolic OH excluding ortho intramolecular Hbond substituents is 1. The number of phenols is 1. The molecule has 3 rings (SSSR count). The Kier molecular flexibility index (Phi) is 7.76. The van der Waals surface area contributed by atoms with Crippen LogP contribution in [0.25, 0.3) is 0 Å². The number of carbonyl (C=O) groups is 1. The van der Waals surface area contributed by atoms with Crippen molar-refractivity contribution in [1.29, 1.82) is 0 Å². The number of aryl methyl sites for hydroxylation is 1. The molecule has 1 heterocycles. The molecular weight excluding hydrogens is 376 g/mol. The van der Waals surface area contributed by atoms with E-state index in [0.717, 1.165) is 38.3 Å². The van der Waals surface area contributed by atoms with E-state index in [4.69, 9.17) is 0 Å². The first-order valence-electron chi connectivity index (χ1n) is 10.5. The Morgan fingerprint density at radius 2 is 1.83 bits per heavy atom. The molecule has 0 unspecified atom stereocenters. The Morgan fingerprint density at radius 1 is 1.13 bits per heavy atom. The smallest absolute Gasteiger partial charge is 0.295 e. The van der Waals surface area contributed by atoms with E-state index in [2.05, 4.69) is 48.3 Å². The van der Waals surface area contributed by atoms with Crippen LogP contribution in [0.3, 0.4) is 0 Å². The van der Waals surface area contributed by atoms with Crippen molar-refractivity contribution in [2.24, 2.45) is 5.10 Å². The highest BCUT2D eigenvalue weighted by molar-refractivity contribution is 5.85. The molecule has 0 spiro atoms. The standard InChI is InChI=1S/C24H30N4O2/c1-3-5-21-6-4-7-22(24(21)30)16-25-26-23(29)18-28-14-12-27(13-15-28)17-20-10-8-19(2)9-11-20/h3-4,6-11,16,30H,1,5,12-15,17-18H2,2H3,(H,26,29)/p+2/b25-16+. The van der Waals surface area contributed by atoms with Crippen molar-refractivity contribution in [2.75, 3.05) is 32.7 Å². The van der Waals surface area contributed by atoms with E-state index in [9.17, 15) is 9.90 Å². The predicted octanol–water partition coefficient (Wildman–Crippen LogP) is -0.137. The van der Waals surface area contributed by atoms with Crippen LogP contribution in [0.2, 0.25) is 0 Å². The first-order chi connectivity index (χ1) is 14.5. The summed E-state index contributed by atoms with van der Waals surface area (Å²) in [5.41, 5.74) is 6.61. The van der Waals surface area contributed by atoms with Gasteiger partial charge in [0, 0.05) is 11.1 Å². The number of benzene rings is 2. The van der Waals surface area contributed by atoms with Gasteiger partial charge in [-0.05, 0) is 25.0 Å². The molecule has 158 valence electrons. The van der Waals surface area contributed by atoms with E-state index >= 15 is 0 Å². The summed E-state index contributed by atoms with van der Waals surface area (Å²) < 4.78 is 0. The molecule has 0 bridgehead atoms. The molecule has 0 aromatic heterocycles. The quantitative estimate of drug-likeness (QED) is 0.279. The lowest BCUT2D eigenvalue weighted by molar-refractivity contribution is -1.02. The number of hydrogen-bond donors (Lipinski definition) is 4. The molecule has 0 atom stereocenters. The van der Waals surface area contributed by atoms with Gasteiger partial charge in [0.25, 0.3) is 5.91 Å². The van der Waals surface area contributed by atoms with Gasteiger partial charge < -0.3 is 14.9 Å². The normalized spacial score (nSPS) is 19.0. The van der Waals surface area contributed by atoms with Gasteiger partial charge in [-0.15, -0.1) is 6.58 Å². The van der Waals surface area contributed by atoms with Crippen LogP contribution in [0.5, 0.6) is 5.75 Å². The molecule has 1 aliphatic rings. The van der Waals surface area contributed by atoms with Crippen LogP contribution in [-0.2, 0) is 17.8 Å². The monoisotopic (exact) mass is 408 g/mol. The van der Waals surface area contributed by atoms with Gasteiger partial charge in [0.1, 0.15) is 38.5 Å². The minimum absolute atomic E-state index is 0.107. The van der Waals surface area contributed by atoms with Crippen molar-refractivity contribution in [2.45, 2.75) is 19.9 Å². The predicted molar refractivity (Wildman–Crippen MR) is 119 cm³/mol. The number of amides is 1. The van der Waals surface area contributed by atoms with Crippen molar-refractivity contribution in [3.05, 3.63) is 77.4 Å². The highest BCUT2D eigenvalue weighted by atomic mass is 16.3. The zero-order valence-corrected chi connectivity index (χ0v) is 17.7. The summed E-state index contributed by atoms with van der Waals surface area (Å²) in [6.45, 7) is 11.3. The van der Waals surface area contributed by atoms with Gasteiger partial charge >= 0.3 is 0 Å². The summed E-state index contributed by atoms with van der Waals surface area (Å²) in [6, 6.07) is 14.2. The number of quaternary nitrogens is 2. The SMILES string of the molecule is C=CCc1cccc(/C=N/NC(=O)C[NH+]2CC[NH+](Cc3ccc(C)cc3)CC2)c1O. The summed E-state index contributed by atoms with van der Waals surface area (Å²) in [7, 11) is 0. The van der Waals surface area contributed by atoms with Crippen molar-refractivity contribution in [3.63, 3.8) is 0 Å². The van der Waals surface area contributed by atoms with Gasteiger partial charge in [-0.2, -0.15) is 5.10 Å². The van der Waals surface area contributed by atoms with Gasteiger partial charge in [0.2, 0.25) is 0 Å². The van der Waals surface area contributed by atoms with Crippen molar-refractivity contribution in [1.82, 2.24) is 5.43 Å². The fourth-order valence-electron chi connectivity index (χ4n) is 3.78. The second-order valence-electron chi connectivity index (χ2n) is 7.98. The fraction of sp³-hybridized carbons (Fsp3) is 0.333. The van der Waals surface area contributed by atoms with E-state index in [-0.39, 0.29) is 11.7 Å². The average Bonchev–Trinajstić information content (AvgIpc) is 2.74. The molecule has 1 saturated heterocycles. The lowest BCUT2D eigenvalue weighted by Gasteiger charge is -2.29. The molecule has 1 aliphatic heterocycles. The maximum absolute atomic E-state index is 12.2. The highest BCUT2D eigenvalue weighted by Crippen LogP contribution is 2.21. The number of para-hydroxylation sites is 1. The van der Waals surface area contributed by atoms with E-state index in [1.54, 1.807) is 17.0 Å². The lowest BCUT2D eigenvalue weighted by atomic mass is 10.1. The second kappa shape index (κ2) is 10.7. The molecule has 6 heteroatoms. The van der Waals surface area contributed by atoms with E-state index in [1.165, 1.54) is 22.2 Å². The third-order valence-corrected chi connectivity index (χ3v) is 5.56. The summed E-state index contributed by atoms with van der Waals surface area (Å²) >= 11 is 0. The Labute approximate surface area is 178 Å². The number of nitrogens with one attached hydrogen (secondary N) is 3. The zero-order chi connectivity index (χ0) is 21.3. The molecule has 1 fully saturated rings. The van der Waals surface area contributed by atoms with E-state index in [0.29, 0.717) is 18.5 Å². The Morgan fingerprint density at radius 3 is 2.53 bits per heavy atom. The van der Waals surface area contributed by atoms with Gasteiger partial charge in [0.15, 0.2) is 6.54 Å². The molecule has 0 aliphatic carbocycles. The molecule has 0 saturated carbocycles. The van der Waals surface area contributed by atoms with Crippen molar-refractivity contribution in [3.8, 4) is 5.75 Å². The molecule has 2 aromatic carbocycles. The minimum atomic E-state index is -0.107. The molecule has 2 aromatic rings. The van der Waals surface area contributed by atoms with Crippen LogP contribution in [0.1, 0.15) is 22.3 Å². The fourth-order valence-corrected chi connectivity index (χ4v) is 3.78. The van der Waals surface area contributed by atoms with Crippen LogP contribution in [-0.4, -0.2) is 50.0 Å². The van der Waals surface area contributed by atoms with Crippen LogP contribution < -0.4 is 15.2 Å². The molecule has 6 nitrogen and oxygen atoms in total. The molecule has 30 heavy (non-hydrogen) atoms. The number of aromatic hydroxyl groups is 1. The summed E-state index contributed by atoms with van der Waals surface area (Å²) in [5.74, 6) is 0.0682. The van der Waals surface area contributed by atoms with Gasteiger partial charge in [-0.3, -0.25) is 4.79 Å². The van der Waals surface area contributed by atoms with Gasteiger partial charge in [0.05, 0.1) is 6.21 Å². The Balaban J connectivity index is 1.42. The van der Waals surface area contributed by atoms with Crippen molar-refractivity contribution >= 4 is 12.1 Å². The van der Waals surface area contributed by atoms with E-state index < -0.39 is 0 Å². The van der Waals surface area contributed by atoms with Crippen LogP contribution in [0.4, 0.5) is 0 Å². The number of allylic oxidation sites excluding steroid dienone is 1. The highest BCUT2D eigenvalue weighted by Gasteiger charge is 2.24. The lowest BCUT2D eigenvalue weighted by Crippen LogP contribution is -3.28. The Bertz CT molecular complexity index is 885. The number of hydrogen-bond acceptors (Lipinski definition) is 3. The number of hydrazone groups is 1. The summed E-state index contributed by atoms with van der Waals surface area (Å²) in [6.07, 6.45) is 3.81. The van der Waals surface area contributed by atoms with Gasteiger partial charge in [-0.25, -0.2) is 5.43 Å². The van der Waals surface area contributed by atoms with Crippen LogP contribution >= 0.6 is 0 Å². The topological polar surface area (TPSA) is 70.6 Å². The molecule has 1 amide bonds. The third kappa shape index (κ3) is 6.27. The Hall–Kier alpha value is -2.96. The maximum atomic E-state index is 12.2. The van der Waals surface area contributed by atoms with Crippen molar-refractivity contribution < 1.29 is 19.7 Å². The maximum Gasteiger partial charge on any atom is 0.295 e. The number of rotatable bonds is 8. The van der Waals surface area contributed by atoms with Crippen LogP contribution in [0.15, 0.2) is 60.2 Å². The second-order valence-corrected chi connectivity index (χ2v) is 7.98. The molecule has 0 radical (unpaired) electrons. The number of carbonyl (C=O) groups excluding carboxylic acids is 1.